The van der Waals surface area contributed by atoms with Crippen molar-refractivity contribution in [2.24, 2.45) is 5.73 Å². The summed E-state index contributed by atoms with van der Waals surface area (Å²) >= 11 is 0. The van der Waals surface area contributed by atoms with E-state index in [1.165, 1.54) is 0 Å². The van der Waals surface area contributed by atoms with Gasteiger partial charge in [-0.15, -0.1) is 0 Å². The number of rotatable bonds is 3. The van der Waals surface area contributed by atoms with E-state index in [9.17, 15) is 4.79 Å². The molecule has 0 saturated carbocycles. The van der Waals surface area contributed by atoms with Gasteiger partial charge in [0.25, 0.3) is 0 Å². The second-order valence-electron chi connectivity index (χ2n) is 3.12. The summed E-state index contributed by atoms with van der Waals surface area (Å²) in [5.74, 6) is -0.393. The van der Waals surface area contributed by atoms with Gasteiger partial charge in [0, 0.05) is 5.69 Å². The van der Waals surface area contributed by atoms with Crippen LogP contribution in [0.3, 0.4) is 0 Å². The number of amides is 1. The van der Waals surface area contributed by atoms with Crippen molar-refractivity contribution in [3.63, 3.8) is 0 Å². The first-order valence-electron chi connectivity index (χ1n) is 4.27. The highest BCUT2D eigenvalue weighted by molar-refractivity contribution is 6.03. The van der Waals surface area contributed by atoms with Crippen LogP contribution in [-0.2, 0) is 4.79 Å². The van der Waals surface area contributed by atoms with Crippen LogP contribution in [-0.4, -0.2) is 11.7 Å². The van der Waals surface area contributed by atoms with Crippen molar-refractivity contribution >= 4 is 17.4 Å². The number of hydrogen-bond donors (Lipinski definition) is 3. The van der Waals surface area contributed by atoms with Gasteiger partial charge in [0.1, 0.15) is 5.84 Å². The van der Waals surface area contributed by atoms with Crippen molar-refractivity contribution in [3.05, 3.63) is 29.8 Å². The Morgan fingerprint density at radius 2 is 2.00 bits per heavy atom. The highest BCUT2D eigenvalue weighted by atomic mass is 16.1. The molecule has 4 heteroatoms. The van der Waals surface area contributed by atoms with Crippen LogP contribution >= 0.6 is 0 Å². The Balaban J connectivity index is 2.56. The monoisotopic (exact) mass is 191 g/mol. The number of nitrogens with two attached hydrogens (primary N) is 1. The van der Waals surface area contributed by atoms with Gasteiger partial charge in [-0.1, -0.05) is 17.7 Å². The van der Waals surface area contributed by atoms with E-state index in [-0.39, 0.29) is 18.2 Å². The number of anilines is 1. The number of benzene rings is 1. The van der Waals surface area contributed by atoms with Gasteiger partial charge in [-0.3, -0.25) is 10.2 Å². The lowest BCUT2D eigenvalue weighted by Gasteiger charge is -2.04. The standard InChI is InChI=1S/C10H13N3O/c1-7-2-4-8(5-3-7)13-10(14)6-9(11)12/h2-5H,6H2,1H3,(H3,11,12)(H,13,14). The minimum atomic E-state index is -0.263. The lowest BCUT2D eigenvalue weighted by molar-refractivity contribution is -0.115. The van der Waals surface area contributed by atoms with Crippen molar-refractivity contribution in [1.82, 2.24) is 0 Å². The number of aryl methyl sites for hydroxylation is 1. The first-order chi connectivity index (χ1) is 6.58. The minimum absolute atomic E-state index is 0.0616. The molecule has 4 N–H and O–H groups in total. The van der Waals surface area contributed by atoms with Crippen LogP contribution in [0.25, 0.3) is 0 Å². The van der Waals surface area contributed by atoms with E-state index in [0.717, 1.165) is 11.3 Å². The van der Waals surface area contributed by atoms with Crippen LogP contribution in [0.5, 0.6) is 0 Å². The van der Waals surface area contributed by atoms with Crippen molar-refractivity contribution < 1.29 is 4.79 Å². The molecule has 0 aromatic heterocycles. The van der Waals surface area contributed by atoms with E-state index >= 15 is 0 Å². The topological polar surface area (TPSA) is 79.0 Å². The van der Waals surface area contributed by atoms with Crippen LogP contribution in [0, 0.1) is 12.3 Å². The Labute approximate surface area is 82.6 Å². The Hall–Kier alpha value is -1.84. The zero-order valence-electron chi connectivity index (χ0n) is 8.00. The average molecular weight is 191 g/mol. The molecule has 0 aliphatic rings. The van der Waals surface area contributed by atoms with Gasteiger partial charge in [0.2, 0.25) is 5.91 Å². The van der Waals surface area contributed by atoms with Gasteiger partial charge < -0.3 is 11.1 Å². The average Bonchev–Trinajstić information content (AvgIpc) is 2.07. The van der Waals surface area contributed by atoms with Gasteiger partial charge in [-0.2, -0.15) is 0 Å². The summed E-state index contributed by atoms with van der Waals surface area (Å²) in [6.07, 6.45) is -0.0616. The molecule has 0 atom stereocenters. The van der Waals surface area contributed by atoms with E-state index < -0.39 is 0 Å². The van der Waals surface area contributed by atoms with Crippen molar-refractivity contribution in [2.45, 2.75) is 13.3 Å². The predicted molar refractivity (Wildman–Crippen MR) is 56.3 cm³/mol. The van der Waals surface area contributed by atoms with E-state index in [1.54, 1.807) is 0 Å². The quantitative estimate of drug-likeness (QED) is 0.496. The molecule has 1 amide bonds. The summed E-state index contributed by atoms with van der Waals surface area (Å²) in [7, 11) is 0. The Kier molecular flexibility index (Phi) is 3.23. The molecular weight excluding hydrogens is 178 g/mol. The van der Waals surface area contributed by atoms with E-state index in [0.29, 0.717) is 0 Å². The lowest BCUT2D eigenvalue weighted by Crippen LogP contribution is -2.20. The zero-order valence-corrected chi connectivity index (χ0v) is 8.00. The third-order valence-corrected chi connectivity index (χ3v) is 1.69. The van der Waals surface area contributed by atoms with Gasteiger partial charge in [0.05, 0.1) is 6.42 Å². The second kappa shape index (κ2) is 4.41. The van der Waals surface area contributed by atoms with Crippen LogP contribution < -0.4 is 11.1 Å². The molecule has 4 nitrogen and oxygen atoms in total. The smallest absolute Gasteiger partial charge is 0.231 e. The van der Waals surface area contributed by atoms with Crippen molar-refractivity contribution in [3.8, 4) is 0 Å². The summed E-state index contributed by atoms with van der Waals surface area (Å²) < 4.78 is 0. The molecule has 0 saturated heterocycles. The lowest BCUT2D eigenvalue weighted by atomic mass is 10.2. The molecule has 1 aromatic rings. The van der Waals surface area contributed by atoms with Crippen LogP contribution in [0.2, 0.25) is 0 Å². The van der Waals surface area contributed by atoms with Gasteiger partial charge in [-0.05, 0) is 19.1 Å². The summed E-state index contributed by atoms with van der Waals surface area (Å²) in [6.45, 7) is 1.97. The van der Waals surface area contributed by atoms with Crippen LogP contribution in [0.15, 0.2) is 24.3 Å². The zero-order chi connectivity index (χ0) is 10.6. The van der Waals surface area contributed by atoms with Gasteiger partial charge >= 0.3 is 0 Å². The normalized spacial score (nSPS) is 9.50. The SMILES string of the molecule is Cc1ccc(NC(=O)CC(=N)N)cc1. The Morgan fingerprint density at radius 1 is 1.43 bits per heavy atom. The molecule has 0 unspecified atom stereocenters. The first kappa shape index (κ1) is 10.2. The summed E-state index contributed by atoms with van der Waals surface area (Å²) in [5, 5.41) is 9.58. The first-order valence-corrected chi connectivity index (χ1v) is 4.27. The van der Waals surface area contributed by atoms with E-state index in [2.05, 4.69) is 5.32 Å². The summed E-state index contributed by atoms with van der Waals surface area (Å²) in [6, 6.07) is 7.44. The maximum absolute atomic E-state index is 11.2. The van der Waals surface area contributed by atoms with Crippen molar-refractivity contribution in [1.29, 1.82) is 5.41 Å². The molecule has 0 heterocycles. The number of amidine groups is 1. The van der Waals surface area contributed by atoms with E-state index in [1.807, 2.05) is 31.2 Å². The third-order valence-electron chi connectivity index (χ3n) is 1.69. The molecule has 0 bridgehead atoms. The summed E-state index contributed by atoms with van der Waals surface area (Å²) in [5.41, 5.74) is 6.95. The number of carbonyl (C=O) groups excluding carboxylic acids is 1. The molecule has 1 rings (SSSR count). The molecule has 74 valence electrons. The maximum atomic E-state index is 11.2. The molecular formula is C10H13N3O. The fourth-order valence-electron chi connectivity index (χ4n) is 1.02. The fraction of sp³-hybridized carbons (Fsp3) is 0.200. The largest absolute Gasteiger partial charge is 0.387 e. The third kappa shape index (κ3) is 3.26. The highest BCUT2D eigenvalue weighted by Gasteiger charge is 2.02. The second-order valence-corrected chi connectivity index (χ2v) is 3.12. The molecule has 1 aromatic carbocycles. The molecule has 0 fully saturated rings. The Bertz CT molecular complexity index is 343. The van der Waals surface area contributed by atoms with Crippen LogP contribution in [0.1, 0.15) is 12.0 Å². The predicted octanol–water partition coefficient (Wildman–Crippen LogP) is 1.26. The number of hydrogen-bond acceptors (Lipinski definition) is 2. The Morgan fingerprint density at radius 3 is 2.50 bits per heavy atom. The van der Waals surface area contributed by atoms with Crippen LogP contribution in [0.4, 0.5) is 5.69 Å². The summed E-state index contributed by atoms with van der Waals surface area (Å²) in [4.78, 5) is 11.2. The molecule has 0 spiro atoms. The highest BCUT2D eigenvalue weighted by Crippen LogP contribution is 2.08. The number of carbonyl (C=O) groups is 1. The van der Waals surface area contributed by atoms with E-state index in [4.69, 9.17) is 11.1 Å². The molecule has 0 aliphatic carbocycles. The molecule has 0 aliphatic heterocycles. The number of nitrogens with one attached hydrogen (secondary N) is 2. The van der Waals surface area contributed by atoms with Crippen molar-refractivity contribution in [2.75, 3.05) is 5.32 Å². The molecule has 0 radical (unpaired) electrons. The fourth-order valence-corrected chi connectivity index (χ4v) is 1.02. The molecule has 14 heavy (non-hydrogen) atoms. The van der Waals surface area contributed by atoms with Gasteiger partial charge in [0.15, 0.2) is 0 Å². The van der Waals surface area contributed by atoms with Gasteiger partial charge in [-0.25, -0.2) is 0 Å². The maximum Gasteiger partial charge on any atom is 0.231 e. The minimum Gasteiger partial charge on any atom is -0.387 e.